The summed E-state index contributed by atoms with van der Waals surface area (Å²) in [5.41, 5.74) is -0.798. The predicted molar refractivity (Wildman–Crippen MR) is 139 cm³/mol. The molecular formula is C26H24F4N8O. The fourth-order valence-electron chi connectivity index (χ4n) is 3.84. The van der Waals surface area contributed by atoms with Gasteiger partial charge in [0.25, 0.3) is 5.91 Å². The second kappa shape index (κ2) is 10.2. The second-order valence-corrected chi connectivity index (χ2v) is 9.21. The van der Waals surface area contributed by atoms with Gasteiger partial charge in [-0.3, -0.25) is 9.69 Å². The highest BCUT2D eigenvalue weighted by Crippen LogP contribution is 2.36. The highest BCUT2D eigenvalue weighted by Gasteiger charge is 2.32. The van der Waals surface area contributed by atoms with E-state index in [2.05, 4.69) is 30.6 Å². The van der Waals surface area contributed by atoms with E-state index in [1.807, 2.05) is 0 Å². The zero-order valence-electron chi connectivity index (χ0n) is 20.9. The summed E-state index contributed by atoms with van der Waals surface area (Å²) in [5, 5.41) is 5.84. The normalized spacial score (nSPS) is 13.2. The van der Waals surface area contributed by atoms with Crippen molar-refractivity contribution in [2.45, 2.75) is 25.1 Å². The summed E-state index contributed by atoms with van der Waals surface area (Å²) in [4.78, 5) is 31.6. The summed E-state index contributed by atoms with van der Waals surface area (Å²) >= 11 is 0. The van der Waals surface area contributed by atoms with Crippen LogP contribution in [0.3, 0.4) is 0 Å². The van der Waals surface area contributed by atoms with Crippen molar-refractivity contribution < 1.29 is 22.4 Å². The predicted octanol–water partition coefficient (Wildman–Crippen LogP) is 5.72. The van der Waals surface area contributed by atoms with Crippen molar-refractivity contribution in [2.24, 2.45) is 0 Å². The van der Waals surface area contributed by atoms with Gasteiger partial charge in [0, 0.05) is 55.5 Å². The molecule has 1 amide bonds. The van der Waals surface area contributed by atoms with E-state index in [-0.39, 0.29) is 28.6 Å². The molecule has 202 valence electrons. The van der Waals surface area contributed by atoms with Crippen molar-refractivity contribution >= 4 is 40.6 Å². The smallest absolute Gasteiger partial charge is 0.378 e. The molecule has 1 saturated carbocycles. The van der Waals surface area contributed by atoms with Crippen LogP contribution in [-0.2, 0) is 6.18 Å². The third-order valence-electron chi connectivity index (χ3n) is 5.98. The third kappa shape index (κ3) is 5.92. The SMILES string of the molecule is CN(C)c1cc(C(=O)Nc2ccc(F)c(N(c3cc(NC4CC4)ncn3)c3ncc[nH]3)c2)cc(C(F)(F)F)c1. The minimum Gasteiger partial charge on any atom is -0.378 e. The van der Waals surface area contributed by atoms with E-state index in [1.54, 1.807) is 26.4 Å². The molecule has 39 heavy (non-hydrogen) atoms. The Morgan fingerprint density at radius 1 is 1.05 bits per heavy atom. The first-order chi connectivity index (χ1) is 18.6. The van der Waals surface area contributed by atoms with Crippen LogP contribution >= 0.6 is 0 Å². The Labute approximate surface area is 220 Å². The number of halogens is 4. The molecule has 2 aromatic carbocycles. The Morgan fingerprint density at radius 2 is 1.85 bits per heavy atom. The standard InChI is InChI=1S/C26H24F4N8O/c1-37(2)19-10-15(9-16(11-19)26(28,29)30)24(39)36-18-5-6-20(27)21(12-18)38(25-31-7-8-32-25)23-13-22(33-14-34-23)35-17-3-4-17/h5-14,17H,3-4H2,1-2H3,(H,31,32)(H,36,39)(H,33,34,35). The monoisotopic (exact) mass is 540 g/mol. The van der Waals surface area contributed by atoms with Crippen LogP contribution in [0.4, 0.5) is 52.2 Å². The second-order valence-electron chi connectivity index (χ2n) is 9.21. The molecule has 1 fully saturated rings. The van der Waals surface area contributed by atoms with Crippen molar-refractivity contribution in [3.63, 3.8) is 0 Å². The number of hydrogen-bond donors (Lipinski definition) is 3. The molecule has 0 atom stereocenters. The number of H-pyrrole nitrogens is 1. The molecule has 1 aliphatic rings. The van der Waals surface area contributed by atoms with E-state index in [0.29, 0.717) is 17.7 Å². The fourth-order valence-corrected chi connectivity index (χ4v) is 3.84. The van der Waals surface area contributed by atoms with E-state index in [9.17, 15) is 18.0 Å². The number of aromatic nitrogens is 4. The Balaban J connectivity index is 1.49. The molecule has 9 nitrogen and oxygen atoms in total. The van der Waals surface area contributed by atoms with Crippen LogP contribution in [-0.4, -0.2) is 46.0 Å². The van der Waals surface area contributed by atoms with Crippen LogP contribution in [0.15, 0.2) is 61.2 Å². The van der Waals surface area contributed by atoms with Gasteiger partial charge in [-0.1, -0.05) is 0 Å². The Hall–Kier alpha value is -4.68. The lowest BCUT2D eigenvalue weighted by atomic mass is 10.1. The van der Waals surface area contributed by atoms with E-state index >= 15 is 4.39 Å². The quantitative estimate of drug-likeness (QED) is 0.246. The number of carbonyl (C=O) groups is 1. The summed E-state index contributed by atoms with van der Waals surface area (Å²) < 4.78 is 55.6. The van der Waals surface area contributed by atoms with Crippen LogP contribution in [0.2, 0.25) is 0 Å². The van der Waals surface area contributed by atoms with E-state index in [0.717, 1.165) is 31.0 Å². The largest absolute Gasteiger partial charge is 0.416 e. The summed E-state index contributed by atoms with van der Waals surface area (Å²) in [6, 6.07) is 8.87. The number of benzene rings is 2. The van der Waals surface area contributed by atoms with Crippen LogP contribution in [0.25, 0.3) is 0 Å². The van der Waals surface area contributed by atoms with Crippen molar-refractivity contribution in [3.05, 3.63) is 78.1 Å². The molecule has 0 radical (unpaired) electrons. The lowest BCUT2D eigenvalue weighted by Gasteiger charge is -2.23. The number of nitrogens with one attached hydrogen (secondary N) is 3. The fraction of sp³-hybridized carbons (Fsp3) is 0.231. The Kier molecular flexibility index (Phi) is 6.81. The average Bonchev–Trinajstić information content (AvgIpc) is 3.55. The van der Waals surface area contributed by atoms with Crippen molar-refractivity contribution in [2.75, 3.05) is 34.5 Å². The van der Waals surface area contributed by atoms with Gasteiger partial charge in [-0.05, 0) is 49.2 Å². The molecule has 0 bridgehead atoms. The Morgan fingerprint density at radius 3 is 2.51 bits per heavy atom. The van der Waals surface area contributed by atoms with Gasteiger partial charge >= 0.3 is 6.18 Å². The Bertz CT molecular complexity index is 1490. The van der Waals surface area contributed by atoms with Crippen molar-refractivity contribution in [1.82, 2.24) is 19.9 Å². The lowest BCUT2D eigenvalue weighted by molar-refractivity contribution is -0.137. The number of aromatic amines is 1. The molecule has 2 aromatic heterocycles. The van der Waals surface area contributed by atoms with Gasteiger partial charge in [-0.25, -0.2) is 19.3 Å². The molecule has 5 rings (SSSR count). The summed E-state index contributed by atoms with van der Waals surface area (Å²) in [6.07, 6.45) is 1.81. The number of rotatable bonds is 8. The topological polar surface area (TPSA) is 102 Å². The third-order valence-corrected chi connectivity index (χ3v) is 5.98. The highest BCUT2D eigenvalue weighted by atomic mass is 19.4. The van der Waals surface area contributed by atoms with Crippen LogP contribution in [0.5, 0.6) is 0 Å². The number of alkyl halides is 3. The van der Waals surface area contributed by atoms with E-state index in [1.165, 1.54) is 40.5 Å². The molecule has 1 aliphatic carbocycles. The van der Waals surface area contributed by atoms with Gasteiger partial charge < -0.3 is 20.5 Å². The minimum atomic E-state index is -4.64. The van der Waals surface area contributed by atoms with Gasteiger partial charge in [0.1, 0.15) is 23.8 Å². The summed E-state index contributed by atoms with van der Waals surface area (Å²) in [6.45, 7) is 0. The molecule has 13 heteroatoms. The van der Waals surface area contributed by atoms with Gasteiger partial charge in [-0.15, -0.1) is 0 Å². The number of anilines is 6. The van der Waals surface area contributed by atoms with Crippen LogP contribution in [0, 0.1) is 5.82 Å². The van der Waals surface area contributed by atoms with Gasteiger partial charge in [-0.2, -0.15) is 13.2 Å². The van der Waals surface area contributed by atoms with Gasteiger partial charge in [0.15, 0.2) is 0 Å². The van der Waals surface area contributed by atoms with Gasteiger partial charge in [0.05, 0.1) is 11.3 Å². The first-order valence-corrected chi connectivity index (χ1v) is 12.0. The zero-order valence-corrected chi connectivity index (χ0v) is 20.9. The maximum Gasteiger partial charge on any atom is 0.416 e. The number of carbonyl (C=O) groups excluding carboxylic acids is 1. The summed E-state index contributed by atoms with van der Waals surface area (Å²) in [5.74, 6) is -0.316. The molecule has 2 heterocycles. The minimum absolute atomic E-state index is 0.00292. The number of amides is 1. The van der Waals surface area contributed by atoms with Gasteiger partial charge in [0.2, 0.25) is 5.95 Å². The summed E-state index contributed by atoms with van der Waals surface area (Å²) in [7, 11) is 3.15. The maximum absolute atomic E-state index is 15.2. The average molecular weight is 541 g/mol. The van der Waals surface area contributed by atoms with Crippen molar-refractivity contribution in [3.8, 4) is 0 Å². The maximum atomic E-state index is 15.2. The number of hydrogen-bond acceptors (Lipinski definition) is 7. The van der Waals surface area contributed by atoms with Crippen LogP contribution < -0.4 is 20.4 Å². The molecule has 0 spiro atoms. The first-order valence-electron chi connectivity index (χ1n) is 12.0. The molecule has 0 saturated heterocycles. The molecule has 3 N–H and O–H groups in total. The van der Waals surface area contributed by atoms with Crippen molar-refractivity contribution in [1.29, 1.82) is 0 Å². The molecular weight excluding hydrogens is 516 g/mol. The highest BCUT2D eigenvalue weighted by molar-refractivity contribution is 6.05. The van der Waals surface area contributed by atoms with Crippen LogP contribution in [0.1, 0.15) is 28.8 Å². The number of imidazole rings is 1. The first kappa shape index (κ1) is 25.9. The zero-order chi connectivity index (χ0) is 27.7. The molecule has 0 unspecified atom stereocenters. The molecule has 0 aliphatic heterocycles. The van der Waals surface area contributed by atoms with E-state index < -0.39 is 23.5 Å². The lowest BCUT2D eigenvalue weighted by Crippen LogP contribution is -2.18. The van der Waals surface area contributed by atoms with E-state index in [4.69, 9.17) is 0 Å². The number of nitrogens with zero attached hydrogens (tertiary/aromatic N) is 5. The molecule has 4 aromatic rings.